The highest BCUT2D eigenvalue weighted by atomic mass is 16.7. The van der Waals surface area contributed by atoms with Crippen molar-refractivity contribution in [3.05, 3.63) is 47.5 Å². The minimum Gasteiger partial charge on any atom is -0.274 e. The molecule has 4 heteroatoms. The van der Waals surface area contributed by atoms with Crippen molar-refractivity contribution in [1.29, 1.82) is 0 Å². The molecule has 1 aromatic rings. The summed E-state index contributed by atoms with van der Waals surface area (Å²) in [5, 5.41) is 0. The van der Waals surface area contributed by atoms with E-state index in [9.17, 15) is 9.59 Å². The summed E-state index contributed by atoms with van der Waals surface area (Å²) in [6.07, 6.45) is 13.0. The zero-order valence-electron chi connectivity index (χ0n) is 16.1. The summed E-state index contributed by atoms with van der Waals surface area (Å²) >= 11 is 0. The van der Waals surface area contributed by atoms with E-state index in [0.717, 1.165) is 12.8 Å². The van der Waals surface area contributed by atoms with E-state index in [1.807, 2.05) is 0 Å². The molecule has 0 aliphatic heterocycles. The Morgan fingerprint density at radius 1 is 1.00 bits per heavy atom. The van der Waals surface area contributed by atoms with Crippen LogP contribution in [0.15, 0.2) is 36.4 Å². The number of carbonyl (C=O) groups is 2. The number of nitrogens with two attached hydrogens (primary N) is 1. The monoisotopic (exact) mass is 368 g/mol. The van der Waals surface area contributed by atoms with Crippen LogP contribution in [-0.2, 0) is 4.84 Å². The highest BCUT2D eigenvalue weighted by Gasteiger charge is 2.49. The number of carbonyl (C=O) groups excluding carboxylic acids is 2. The molecule has 0 heterocycles. The molecule has 0 saturated heterocycles. The zero-order chi connectivity index (χ0) is 18.8. The highest BCUT2D eigenvalue weighted by molar-refractivity contribution is 6.00. The number of quaternary nitrogens is 1. The lowest BCUT2D eigenvalue weighted by Gasteiger charge is -2.24. The van der Waals surface area contributed by atoms with E-state index >= 15 is 0 Å². The first kappa shape index (κ1) is 18.4. The van der Waals surface area contributed by atoms with Crippen molar-refractivity contribution < 1.29 is 19.9 Å². The van der Waals surface area contributed by atoms with Gasteiger partial charge in [-0.05, 0) is 68.7 Å². The van der Waals surface area contributed by atoms with Gasteiger partial charge in [0, 0.05) is 5.92 Å². The minimum absolute atomic E-state index is 0.104. The Bertz CT molecular complexity index is 704. The average molecular weight is 368 g/mol. The quantitative estimate of drug-likeness (QED) is 0.360. The van der Waals surface area contributed by atoms with Crippen LogP contribution in [0.2, 0.25) is 0 Å². The third-order valence-corrected chi connectivity index (χ3v) is 6.85. The lowest BCUT2D eigenvalue weighted by molar-refractivity contribution is -0.896. The molecule has 2 saturated carbocycles. The second-order valence-electron chi connectivity index (χ2n) is 8.56. The summed E-state index contributed by atoms with van der Waals surface area (Å²) in [7, 11) is 0. The van der Waals surface area contributed by atoms with Crippen LogP contribution in [0.4, 0.5) is 0 Å². The number of allylic oxidation sites excluding steroid dienone is 2. The molecule has 143 valence electrons. The van der Waals surface area contributed by atoms with E-state index < -0.39 is 0 Å². The van der Waals surface area contributed by atoms with Gasteiger partial charge in [0.25, 0.3) is 0 Å². The molecule has 1 aromatic carbocycles. The van der Waals surface area contributed by atoms with Crippen LogP contribution in [0, 0.1) is 23.7 Å². The predicted molar refractivity (Wildman–Crippen MR) is 103 cm³/mol. The lowest BCUT2D eigenvalue weighted by atomic mass is 9.85. The van der Waals surface area contributed by atoms with Gasteiger partial charge in [-0.2, -0.15) is 5.48 Å². The summed E-state index contributed by atoms with van der Waals surface area (Å²) in [6, 6.07) is 7.29. The molecule has 2 bridgehead atoms. The van der Waals surface area contributed by atoms with Gasteiger partial charge < -0.3 is 0 Å². The van der Waals surface area contributed by atoms with E-state index in [-0.39, 0.29) is 17.7 Å². The molecule has 1 radical (unpaired) electrons. The molecule has 1 unspecified atom stereocenters. The maximum atomic E-state index is 12.8. The number of hydroxylamine groups is 1. The van der Waals surface area contributed by atoms with Crippen molar-refractivity contribution in [2.24, 2.45) is 23.7 Å². The van der Waals surface area contributed by atoms with Crippen LogP contribution in [0.1, 0.15) is 72.6 Å². The standard InChI is InChI=1S/C23H29NO3/c1-15(16-5-3-2-4-6-16)24-27-23(26)20-13-11-19(12-14-20)22(25)21-17-7-8-18(21)10-9-17/h7-8,11-18,21,24H,2-6,9-10H2,1H3/q+1/p+1/t15-,17-,18+,21?/m0/s1. The van der Waals surface area contributed by atoms with E-state index in [1.165, 1.54) is 32.1 Å². The van der Waals surface area contributed by atoms with Crippen molar-refractivity contribution >= 4 is 11.8 Å². The molecule has 4 nitrogen and oxygen atoms in total. The molecule has 2 N–H and O–H groups in total. The van der Waals surface area contributed by atoms with Crippen LogP contribution in [0.5, 0.6) is 0 Å². The Kier molecular flexibility index (Phi) is 5.44. The van der Waals surface area contributed by atoms with Gasteiger partial charge in [0.05, 0.1) is 11.1 Å². The minimum atomic E-state index is -0.334. The second kappa shape index (κ2) is 7.97. The molecule has 3 aliphatic rings. The van der Waals surface area contributed by atoms with Crippen LogP contribution in [0.25, 0.3) is 0 Å². The summed E-state index contributed by atoms with van der Waals surface area (Å²) in [6.45, 7) is 2.13. The largest absolute Gasteiger partial charge is 0.478 e. The molecule has 3 aliphatic carbocycles. The van der Waals surface area contributed by atoms with Crippen molar-refractivity contribution in [3.8, 4) is 0 Å². The Morgan fingerprint density at radius 2 is 1.59 bits per heavy atom. The number of rotatable bonds is 6. The van der Waals surface area contributed by atoms with Gasteiger partial charge in [-0.25, -0.2) is 4.79 Å². The third-order valence-electron chi connectivity index (χ3n) is 6.85. The third kappa shape index (κ3) is 3.86. The van der Waals surface area contributed by atoms with Crippen molar-refractivity contribution in [3.63, 3.8) is 0 Å². The number of hydrogen-bond donors (Lipinski definition) is 1. The smallest absolute Gasteiger partial charge is 0.274 e. The molecule has 27 heavy (non-hydrogen) atoms. The first-order chi connectivity index (χ1) is 13.1. The first-order valence-corrected chi connectivity index (χ1v) is 10.5. The second-order valence-corrected chi connectivity index (χ2v) is 8.56. The molecule has 0 amide bonds. The van der Waals surface area contributed by atoms with Crippen molar-refractivity contribution in [2.75, 3.05) is 0 Å². The predicted octanol–water partition coefficient (Wildman–Crippen LogP) is 3.69. The molecule has 0 spiro atoms. The Hall–Kier alpha value is -1.94. The van der Waals surface area contributed by atoms with Crippen LogP contribution >= 0.6 is 0 Å². The van der Waals surface area contributed by atoms with Crippen LogP contribution in [0.3, 0.4) is 0 Å². The van der Waals surface area contributed by atoms with E-state index in [1.54, 1.807) is 29.7 Å². The summed E-state index contributed by atoms with van der Waals surface area (Å²) in [5.74, 6) is 1.42. The topological polar surface area (TPSA) is 62.8 Å². The van der Waals surface area contributed by atoms with Gasteiger partial charge in [-0.3, -0.25) is 4.84 Å². The zero-order valence-corrected chi connectivity index (χ0v) is 16.1. The number of ketones is 1. The van der Waals surface area contributed by atoms with Crippen LogP contribution < -0.4 is 5.48 Å². The average Bonchev–Trinajstić information content (AvgIpc) is 3.32. The fraction of sp³-hybridized carbons (Fsp3) is 0.565. The summed E-state index contributed by atoms with van der Waals surface area (Å²) in [5.41, 5.74) is 2.92. The lowest BCUT2D eigenvalue weighted by Crippen LogP contribution is -2.90. The Labute approximate surface area is 161 Å². The van der Waals surface area contributed by atoms with Crippen molar-refractivity contribution in [2.45, 2.75) is 57.9 Å². The van der Waals surface area contributed by atoms with Gasteiger partial charge in [0.15, 0.2) is 0 Å². The van der Waals surface area contributed by atoms with Gasteiger partial charge in [0.1, 0.15) is 12.0 Å². The maximum Gasteiger partial charge on any atom is 0.478 e. The van der Waals surface area contributed by atoms with E-state index in [4.69, 9.17) is 4.84 Å². The maximum absolute atomic E-state index is 12.8. The summed E-state index contributed by atoms with van der Waals surface area (Å²) < 4.78 is 0. The molecular weight excluding hydrogens is 338 g/mol. The fourth-order valence-corrected chi connectivity index (χ4v) is 5.14. The normalized spacial score (nSPS) is 28.3. The molecule has 0 aromatic heterocycles. The molecule has 4 rings (SSSR count). The Morgan fingerprint density at radius 3 is 2.19 bits per heavy atom. The molecule has 2 fully saturated rings. The number of fused-ring (bicyclic) bond motifs is 2. The van der Waals surface area contributed by atoms with Crippen molar-refractivity contribution in [1.82, 2.24) is 0 Å². The molecular formula is C23H30NO3+2. The van der Waals surface area contributed by atoms with E-state index in [0.29, 0.717) is 34.9 Å². The first-order valence-electron chi connectivity index (χ1n) is 10.5. The Balaban J connectivity index is 1.32. The van der Waals surface area contributed by atoms with Gasteiger partial charge in [-0.1, -0.05) is 31.4 Å². The van der Waals surface area contributed by atoms with Gasteiger partial charge in [-0.15, -0.1) is 0 Å². The number of benzene rings is 1. The SMILES string of the molecule is C[C@H]([NH2+]OC(=O)c1ccc(C(=[O+])C2[C@@H]3C=C[C@H]2CC3)cc1)C1CCCCC1. The van der Waals surface area contributed by atoms with Gasteiger partial charge in [0.2, 0.25) is 4.79 Å². The summed E-state index contributed by atoms with van der Waals surface area (Å²) in [4.78, 5) is 30.6. The number of hydrogen-bond acceptors (Lipinski definition) is 3. The number of Topliss-reactive ketones (excluding diaryl/α,β-unsaturated/α-hetero) is 1. The molecule has 4 atom stereocenters. The van der Waals surface area contributed by atoms with Gasteiger partial charge >= 0.3 is 11.8 Å². The van der Waals surface area contributed by atoms with Crippen LogP contribution in [-0.4, -0.2) is 17.8 Å². The van der Waals surface area contributed by atoms with E-state index in [2.05, 4.69) is 19.1 Å². The highest BCUT2D eigenvalue weighted by Crippen LogP contribution is 2.45. The fourth-order valence-electron chi connectivity index (χ4n) is 5.14.